The highest BCUT2D eigenvalue weighted by atomic mass is 32.1. The number of nitriles is 1. The van der Waals surface area contributed by atoms with Gasteiger partial charge < -0.3 is 4.90 Å². The minimum Gasteiger partial charge on any atom is -0.304 e. The number of halogens is 3. The fourth-order valence-corrected chi connectivity index (χ4v) is 4.27. The normalized spacial score (nSPS) is 15.8. The van der Waals surface area contributed by atoms with E-state index in [9.17, 15) is 22.8 Å². The summed E-state index contributed by atoms with van der Waals surface area (Å²) in [5, 5.41) is 9.04. The van der Waals surface area contributed by atoms with Crippen molar-refractivity contribution in [1.82, 2.24) is 0 Å². The largest absolute Gasteiger partial charge is 0.417 e. The molecule has 172 valence electrons. The van der Waals surface area contributed by atoms with Crippen LogP contribution in [0, 0.1) is 17.2 Å². The molecule has 2 aromatic rings. The molecule has 0 atom stereocenters. The summed E-state index contributed by atoms with van der Waals surface area (Å²) in [5.74, 6) is -0.303. The van der Waals surface area contributed by atoms with E-state index in [1.807, 2.05) is 13.8 Å². The lowest BCUT2D eigenvalue weighted by atomic mass is 9.99. The summed E-state index contributed by atoms with van der Waals surface area (Å²) >= 11 is 5.51. The number of carbonyl (C=O) groups is 2. The predicted octanol–water partition coefficient (Wildman–Crippen LogP) is 5.72. The van der Waals surface area contributed by atoms with Crippen LogP contribution in [0.5, 0.6) is 0 Å². The summed E-state index contributed by atoms with van der Waals surface area (Å²) in [5.41, 5.74) is -1.88. The van der Waals surface area contributed by atoms with Gasteiger partial charge in [0.1, 0.15) is 5.54 Å². The average molecular weight is 474 g/mol. The Morgan fingerprint density at radius 1 is 1.12 bits per heavy atom. The Kier molecular flexibility index (Phi) is 6.35. The van der Waals surface area contributed by atoms with E-state index in [-0.39, 0.29) is 22.5 Å². The molecule has 2 aromatic carbocycles. The molecular weight excluding hydrogens is 451 g/mol. The molecule has 0 aliphatic carbocycles. The van der Waals surface area contributed by atoms with Gasteiger partial charge in [0.15, 0.2) is 10.9 Å². The molecule has 1 aliphatic heterocycles. The molecule has 0 unspecified atom stereocenters. The molecule has 0 radical (unpaired) electrons. The number of Topliss-reactive ketones (excluding diaryl/α,β-unsaturated/α-hetero) is 1. The number of anilines is 2. The number of benzene rings is 2. The van der Waals surface area contributed by atoms with Gasteiger partial charge in [-0.15, -0.1) is 0 Å². The summed E-state index contributed by atoms with van der Waals surface area (Å²) in [6.07, 6.45) is -4.36. The lowest BCUT2D eigenvalue weighted by Gasteiger charge is -2.29. The van der Waals surface area contributed by atoms with E-state index in [2.05, 4.69) is 0 Å². The van der Waals surface area contributed by atoms with Crippen molar-refractivity contribution >= 4 is 40.4 Å². The van der Waals surface area contributed by atoms with E-state index < -0.39 is 28.7 Å². The van der Waals surface area contributed by atoms with Crippen LogP contribution in [0.4, 0.5) is 24.5 Å². The first-order chi connectivity index (χ1) is 15.3. The first kappa shape index (κ1) is 24.4. The van der Waals surface area contributed by atoms with Gasteiger partial charge in [0.2, 0.25) is 0 Å². The Balaban J connectivity index is 2.00. The molecule has 0 spiro atoms. The molecule has 0 aromatic heterocycles. The third-order valence-corrected chi connectivity index (χ3v) is 5.76. The highest BCUT2D eigenvalue weighted by Crippen LogP contribution is 2.39. The van der Waals surface area contributed by atoms with Gasteiger partial charge in [-0.3, -0.25) is 14.5 Å². The molecule has 9 heteroatoms. The maximum absolute atomic E-state index is 13.4. The van der Waals surface area contributed by atoms with Crippen molar-refractivity contribution in [1.29, 1.82) is 5.26 Å². The second-order valence-corrected chi connectivity index (χ2v) is 9.09. The van der Waals surface area contributed by atoms with Crippen molar-refractivity contribution in [2.45, 2.75) is 45.8 Å². The lowest BCUT2D eigenvalue weighted by molar-refractivity contribution is -0.137. The van der Waals surface area contributed by atoms with E-state index in [0.717, 1.165) is 17.0 Å². The zero-order valence-electron chi connectivity index (χ0n) is 18.5. The number of hydrogen-bond acceptors (Lipinski definition) is 4. The van der Waals surface area contributed by atoms with Crippen LogP contribution in [0.1, 0.15) is 55.6 Å². The smallest absolute Gasteiger partial charge is 0.304 e. The van der Waals surface area contributed by atoms with E-state index >= 15 is 0 Å². The average Bonchev–Trinajstić information content (AvgIpc) is 2.90. The molecule has 1 fully saturated rings. The number of nitrogens with zero attached hydrogens (tertiary/aromatic N) is 3. The molecule has 5 nitrogen and oxygen atoms in total. The summed E-state index contributed by atoms with van der Waals surface area (Å²) in [7, 11) is 0. The molecule has 1 saturated heterocycles. The van der Waals surface area contributed by atoms with Gasteiger partial charge in [0.25, 0.3) is 5.91 Å². The van der Waals surface area contributed by atoms with Crippen LogP contribution in [-0.2, 0) is 11.0 Å². The van der Waals surface area contributed by atoms with E-state index in [4.69, 9.17) is 17.5 Å². The second-order valence-electron chi connectivity index (χ2n) is 8.73. The van der Waals surface area contributed by atoms with Gasteiger partial charge in [-0.1, -0.05) is 13.8 Å². The van der Waals surface area contributed by atoms with Crippen molar-refractivity contribution in [2.24, 2.45) is 5.92 Å². The second kappa shape index (κ2) is 8.60. The molecule has 0 saturated carbocycles. The van der Waals surface area contributed by atoms with Gasteiger partial charge in [-0.2, -0.15) is 18.4 Å². The summed E-state index contributed by atoms with van der Waals surface area (Å²) < 4.78 is 40.3. The number of alkyl halides is 3. The summed E-state index contributed by atoms with van der Waals surface area (Å²) in [4.78, 5) is 28.1. The molecule has 3 rings (SSSR count). The zero-order chi connectivity index (χ0) is 24.7. The molecular formula is C24H22F3N3O2S. The molecule has 1 aliphatic rings. The third kappa shape index (κ3) is 4.48. The monoisotopic (exact) mass is 473 g/mol. The maximum atomic E-state index is 13.4. The molecule has 1 heterocycles. The van der Waals surface area contributed by atoms with Crippen LogP contribution in [0.25, 0.3) is 0 Å². The fraction of sp³-hybridized carbons (Fsp3) is 0.333. The standard InChI is InChI=1S/C24H22F3N3O2S/c1-14(2)11-20(31)15-5-8-17(9-6-15)30-22(33)29(21(32)23(30,3)4)18-10-7-16(13-28)19(12-18)24(25,26)27/h5-10,12,14H,11H2,1-4H3. The maximum Gasteiger partial charge on any atom is 0.417 e. The third-order valence-electron chi connectivity index (χ3n) is 5.40. The van der Waals surface area contributed by atoms with Crippen LogP contribution in [-0.4, -0.2) is 22.3 Å². The van der Waals surface area contributed by atoms with Crippen molar-refractivity contribution in [3.8, 4) is 6.07 Å². The SMILES string of the molecule is CC(C)CC(=O)c1ccc(N2C(=S)N(c3ccc(C#N)c(C(F)(F)F)c3)C(=O)C2(C)C)cc1. The Bertz CT molecular complexity index is 1160. The quantitative estimate of drug-likeness (QED) is 0.410. The van der Waals surface area contributed by atoms with Crippen LogP contribution in [0.2, 0.25) is 0 Å². The highest BCUT2D eigenvalue weighted by Gasteiger charge is 2.50. The lowest BCUT2D eigenvalue weighted by Crippen LogP contribution is -2.44. The molecule has 0 bridgehead atoms. The van der Waals surface area contributed by atoms with Gasteiger partial charge in [0.05, 0.1) is 22.9 Å². The number of amides is 1. The highest BCUT2D eigenvalue weighted by molar-refractivity contribution is 7.81. The van der Waals surface area contributed by atoms with Crippen molar-refractivity contribution in [3.05, 3.63) is 59.2 Å². The Morgan fingerprint density at radius 3 is 2.21 bits per heavy atom. The zero-order valence-corrected chi connectivity index (χ0v) is 19.3. The molecule has 33 heavy (non-hydrogen) atoms. The van der Waals surface area contributed by atoms with Crippen LogP contribution < -0.4 is 9.80 Å². The van der Waals surface area contributed by atoms with E-state index in [1.54, 1.807) is 43.0 Å². The molecule has 1 amide bonds. The minimum atomic E-state index is -4.76. The first-order valence-electron chi connectivity index (χ1n) is 10.2. The van der Waals surface area contributed by atoms with Gasteiger partial charge in [0, 0.05) is 17.7 Å². The number of rotatable bonds is 5. The Labute approximate surface area is 195 Å². The number of ketones is 1. The van der Waals surface area contributed by atoms with Crippen LogP contribution in [0.15, 0.2) is 42.5 Å². The number of thiocarbonyl (C=S) groups is 1. The summed E-state index contributed by atoms with van der Waals surface area (Å²) in [6, 6.07) is 11.2. The van der Waals surface area contributed by atoms with Crippen molar-refractivity contribution in [2.75, 3.05) is 9.80 Å². The van der Waals surface area contributed by atoms with Crippen molar-refractivity contribution in [3.63, 3.8) is 0 Å². The fourth-order valence-electron chi connectivity index (χ4n) is 3.74. The number of hydrogen-bond donors (Lipinski definition) is 0. The predicted molar refractivity (Wildman–Crippen MR) is 123 cm³/mol. The summed E-state index contributed by atoms with van der Waals surface area (Å²) in [6.45, 7) is 7.14. The number of carbonyl (C=O) groups excluding carboxylic acids is 2. The van der Waals surface area contributed by atoms with Gasteiger partial charge in [-0.05, 0) is 74.4 Å². The van der Waals surface area contributed by atoms with Gasteiger partial charge >= 0.3 is 6.18 Å². The first-order valence-corrected chi connectivity index (χ1v) is 10.6. The van der Waals surface area contributed by atoms with E-state index in [0.29, 0.717) is 17.7 Å². The Morgan fingerprint density at radius 2 is 1.70 bits per heavy atom. The van der Waals surface area contributed by atoms with Gasteiger partial charge in [-0.25, -0.2) is 0 Å². The van der Waals surface area contributed by atoms with Crippen LogP contribution >= 0.6 is 12.2 Å². The van der Waals surface area contributed by atoms with Crippen LogP contribution in [0.3, 0.4) is 0 Å². The molecule has 0 N–H and O–H groups in total. The van der Waals surface area contributed by atoms with Crippen molar-refractivity contribution < 1.29 is 22.8 Å². The topological polar surface area (TPSA) is 64.4 Å². The Hall–Kier alpha value is -3.25. The minimum absolute atomic E-state index is 0.00379. The van der Waals surface area contributed by atoms with E-state index in [1.165, 1.54) is 12.1 Å².